The molecule has 2 aromatic rings. The minimum absolute atomic E-state index is 0.297. The molecule has 17 heavy (non-hydrogen) atoms. The molecule has 0 bridgehead atoms. The summed E-state index contributed by atoms with van der Waals surface area (Å²) in [5, 5.41) is 8.85. The lowest BCUT2D eigenvalue weighted by atomic mass is 10.1. The van der Waals surface area contributed by atoms with Crippen LogP contribution in [0, 0.1) is 17.9 Å². The Morgan fingerprint density at radius 2 is 2.06 bits per heavy atom. The van der Waals surface area contributed by atoms with Gasteiger partial charge >= 0.3 is 0 Å². The molecule has 0 saturated carbocycles. The zero-order valence-corrected chi connectivity index (χ0v) is 9.19. The molecule has 2 rings (SSSR count). The van der Waals surface area contributed by atoms with Crippen molar-refractivity contribution in [3.63, 3.8) is 0 Å². The number of ether oxygens (including phenoxy) is 1. The van der Waals surface area contributed by atoms with E-state index in [2.05, 4.69) is 9.83 Å². The van der Waals surface area contributed by atoms with Gasteiger partial charge in [-0.25, -0.2) is 4.85 Å². The number of benzene rings is 1. The van der Waals surface area contributed by atoms with E-state index in [4.69, 9.17) is 16.6 Å². The number of aromatic nitrogens is 1. The molecule has 1 N–H and O–H groups in total. The summed E-state index contributed by atoms with van der Waals surface area (Å²) >= 11 is 0. The summed E-state index contributed by atoms with van der Waals surface area (Å²) in [6.07, 6.45) is 1.67. The maximum Gasteiger partial charge on any atom is 0.229 e. The zero-order valence-electron chi connectivity index (χ0n) is 9.19. The van der Waals surface area contributed by atoms with Gasteiger partial charge in [0.2, 0.25) is 5.69 Å². The van der Waals surface area contributed by atoms with E-state index in [1.807, 2.05) is 30.3 Å². The molecule has 0 unspecified atom stereocenters. The van der Waals surface area contributed by atoms with Crippen molar-refractivity contribution in [2.45, 2.75) is 0 Å². The molecule has 4 heteroatoms. The zero-order chi connectivity index (χ0) is 12.3. The van der Waals surface area contributed by atoms with Crippen LogP contribution >= 0.6 is 0 Å². The first-order valence-corrected chi connectivity index (χ1v) is 4.93. The van der Waals surface area contributed by atoms with Gasteiger partial charge in [-0.3, -0.25) is 0 Å². The first-order valence-electron chi connectivity index (χ1n) is 4.93. The van der Waals surface area contributed by atoms with E-state index in [1.54, 1.807) is 13.3 Å². The summed E-state index contributed by atoms with van der Waals surface area (Å²) in [4.78, 5) is 6.18. The molecule has 1 aromatic heterocycles. The van der Waals surface area contributed by atoms with Gasteiger partial charge in [0.15, 0.2) is 0 Å². The minimum Gasteiger partial charge on any atom is -0.497 e. The average Bonchev–Trinajstić information content (AvgIpc) is 2.81. The van der Waals surface area contributed by atoms with Crippen LogP contribution in [-0.4, -0.2) is 12.1 Å². The number of hydrogen-bond acceptors (Lipinski definition) is 2. The van der Waals surface area contributed by atoms with Crippen molar-refractivity contribution in [2.24, 2.45) is 0 Å². The molecule has 0 aliphatic carbocycles. The highest BCUT2D eigenvalue weighted by Gasteiger charge is 2.12. The van der Waals surface area contributed by atoms with Gasteiger partial charge in [0.1, 0.15) is 17.5 Å². The van der Waals surface area contributed by atoms with E-state index in [1.165, 1.54) is 0 Å². The fourth-order valence-electron chi connectivity index (χ4n) is 1.61. The molecule has 0 fully saturated rings. The lowest BCUT2D eigenvalue weighted by Gasteiger charge is -2.02. The first kappa shape index (κ1) is 10.8. The highest BCUT2D eigenvalue weighted by molar-refractivity contribution is 5.82. The van der Waals surface area contributed by atoms with Gasteiger partial charge in [-0.15, -0.1) is 0 Å². The Balaban J connectivity index is 2.50. The quantitative estimate of drug-likeness (QED) is 0.795. The summed E-state index contributed by atoms with van der Waals surface area (Å²) in [7, 11) is 1.60. The van der Waals surface area contributed by atoms with E-state index in [0.717, 1.165) is 16.9 Å². The summed E-state index contributed by atoms with van der Waals surface area (Å²) < 4.78 is 5.07. The van der Waals surface area contributed by atoms with Crippen LogP contribution in [0.1, 0.15) is 5.69 Å². The lowest BCUT2D eigenvalue weighted by Crippen LogP contribution is -1.81. The van der Waals surface area contributed by atoms with Crippen LogP contribution in [0.15, 0.2) is 30.5 Å². The van der Waals surface area contributed by atoms with Gasteiger partial charge in [0, 0.05) is 5.56 Å². The van der Waals surface area contributed by atoms with Crippen LogP contribution in [0.4, 0.5) is 5.69 Å². The van der Waals surface area contributed by atoms with Gasteiger partial charge in [-0.2, -0.15) is 5.26 Å². The van der Waals surface area contributed by atoms with Crippen LogP contribution in [0.3, 0.4) is 0 Å². The Hall–Kier alpha value is -2.72. The third-order valence-electron chi connectivity index (χ3n) is 2.48. The first-order chi connectivity index (χ1) is 8.30. The molecule has 0 atom stereocenters. The maximum absolute atomic E-state index is 8.85. The summed E-state index contributed by atoms with van der Waals surface area (Å²) in [5.41, 5.74) is 2.28. The molecular weight excluding hydrogens is 214 g/mol. The maximum atomic E-state index is 8.85. The number of rotatable bonds is 2. The fraction of sp³-hybridized carbons (Fsp3) is 0.0769. The molecule has 0 aliphatic heterocycles. The lowest BCUT2D eigenvalue weighted by molar-refractivity contribution is 0.415. The number of H-pyrrole nitrogens is 1. The van der Waals surface area contributed by atoms with E-state index >= 15 is 0 Å². The van der Waals surface area contributed by atoms with Gasteiger partial charge in [0.25, 0.3) is 0 Å². The number of nitrogens with zero attached hydrogens (tertiary/aromatic N) is 2. The summed E-state index contributed by atoms with van der Waals surface area (Å²) in [6.45, 7) is 7.10. The number of nitrogens with one attached hydrogen (secondary N) is 1. The van der Waals surface area contributed by atoms with E-state index in [0.29, 0.717) is 11.4 Å². The molecule has 0 amide bonds. The van der Waals surface area contributed by atoms with Crippen molar-refractivity contribution in [2.75, 3.05) is 7.11 Å². The van der Waals surface area contributed by atoms with Crippen LogP contribution in [0.25, 0.3) is 16.0 Å². The van der Waals surface area contributed by atoms with Crippen molar-refractivity contribution in [3.8, 4) is 22.9 Å². The van der Waals surface area contributed by atoms with E-state index in [9.17, 15) is 0 Å². The molecule has 0 saturated heterocycles. The number of nitriles is 1. The van der Waals surface area contributed by atoms with Gasteiger partial charge in [-0.1, -0.05) is 12.1 Å². The largest absolute Gasteiger partial charge is 0.497 e. The predicted molar refractivity (Wildman–Crippen MR) is 63.8 cm³/mol. The Morgan fingerprint density at radius 1 is 1.35 bits per heavy atom. The van der Waals surface area contributed by atoms with Crippen LogP contribution in [-0.2, 0) is 0 Å². The minimum atomic E-state index is 0.297. The topological polar surface area (TPSA) is 53.2 Å². The Bertz CT molecular complexity index is 612. The molecule has 0 aliphatic rings. The van der Waals surface area contributed by atoms with Crippen LogP contribution in [0.5, 0.6) is 5.75 Å². The van der Waals surface area contributed by atoms with Crippen LogP contribution in [0.2, 0.25) is 0 Å². The van der Waals surface area contributed by atoms with Gasteiger partial charge in [0.05, 0.1) is 13.7 Å². The molecule has 0 radical (unpaired) electrons. The van der Waals surface area contributed by atoms with Gasteiger partial charge < -0.3 is 9.72 Å². The smallest absolute Gasteiger partial charge is 0.229 e. The Kier molecular flexibility index (Phi) is 2.81. The number of hydrogen-bond donors (Lipinski definition) is 1. The average molecular weight is 223 g/mol. The third-order valence-corrected chi connectivity index (χ3v) is 2.48. The van der Waals surface area contributed by atoms with Crippen molar-refractivity contribution in [3.05, 3.63) is 47.6 Å². The van der Waals surface area contributed by atoms with Crippen molar-refractivity contribution < 1.29 is 4.74 Å². The second-order valence-electron chi connectivity index (χ2n) is 3.38. The Labute approximate surface area is 98.9 Å². The highest BCUT2D eigenvalue weighted by atomic mass is 16.5. The predicted octanol–water partition coefficient (Wildman–Crippen LogP) is 3.11. The standard InChI is InChI=1S/C13H9N3O/c1-15-13-11(8-16-12(13)7-14)9-3-5-10(17-2)6-4-9/h3-6,8,16H,2H3. The third kappa shape index (κ3) is 1.84. The summed E-state index contributed by atoms with van der Waals surface area (Å²) in [6, 6.07) is 9.33. The number of aromatic amines is 1. The normalized spacial score (nSPS) is 9.35. The monoisotopic (exact) mass is 223 g/mol. The molecule has 1 aromatic carbocycles. The van der Waals surface area contributed by atoms with E-state index in [-0.39, 0.29) is 0 Å². The van der Waals surface area contributed by atoms with Crippen molar-refractivity contribution >= 4 is 5.69 Å². The Morgan fingerprint density at radius 3 is 2.59 bits per heavy atom. The van der Waals surface area contributed by atoms with Crippen LogP contribution < -0.4 is 4.74 Å². The number of methoxy groups -OCH3 is 1. The summed E-state index contributed by atoms with van der Waals surface area (Å²) in [5.74, 6) is 0.758. The molecule has 4 nitrogen and oxygen atoms in total. The van der Waals surface area contributed by atoms with E-state index < -0.39 is 0 Å². The molecule has 0 spiro atoms. The molecule has 1 heterocycles. The van der Waals surface area contributed by atoms with Crippen molar-refractivity contribution in [1.82, 2.24) is 4.98 Å². The second kappa shape index (κ2) is 4.42. The molecular formula is C13H9N3O. The van der Waals surface area contributed by atoms with Crippen molar-refractivity contribution in [1.29, 1.82) is 5.26 Å². The fourth-order valence-corrected chi connectivity index (χ4v) is 1.61. The second-order valence-corrected chi connectivity index (χ2v) is 3.38. The molecule has 82 valence electrons. The highest BCUT2D eigenvalue weighted by Crippen LogP contribution is 2.33. The SMILES string of the molecule is [C-]#[N+]c1c(-c2ccc(OC)cc2)c[nH]c1C#N. The van der Waals surface area contributed by atoms with Gasteiger partial charge in [-0.05, 0) is 23.9 Å².